The number of aliphatic carboxylic acids is 2. The lowest BCUT2D eigenvalue weighted by Gasteiger charge is -2.10. The second kappa shape index (κ2) is 15.9. The van der Waals surface area contributed by atoms with Crippen LogP contribution in [-0.4, -0.2) is 79.0 Å². The Labute approximate surface area is 195 Å². The number of benzene rings is 1. The highest BCUT2D eigenvalue weighted by molar-refractivity contribution is 8.76. The van der Waals surface area contributed by atoms with Crippen molar-refractivity contribution in [3.63, 3.8) is 0 Å². The zero-order valence-electron chi connectivity index (χ0n) is 17.6. The van der Waals surface area contributed by atoms with E-state index in [1.807, 2.05) is 0 Å². The summed E-state index contributed by atoms with van der Waals surface area (Å²) in [5.41, 5.74) is 0.362. The van der Waals surface area contributed by atoms with Crippen LogP contribution < -0.4 is 20.1 Å². The number of rotatable bonds is 12. The molecule has 0 atom stereocenters. The molecule has 2 amide bonds. The Kier molecular flexibility index (Phi) is 14.6. The largest absolute Gasteiger partial charge is 0.493 e. The summed E-state index contributed by atoms with van der Waals surface area (Å²) < 4.78 is 42.0. The van der Waals surface area contributed by atoms with Crippen LogP contribution in [0.2, 0.25) is 0 Å². The Balaban J connectivity index is 0.00000126. The molecular weight excluding hydrogens is 493 g/mol. The quantitative estimate of drug-likeness (QED) is 0.240. The molecule has 1 rings (SSSR count). The molecule has 186 valence electrons. The van der Waals surface area contributed by atoms with Crippen LogP contribution in [0.25, 0.3) is 0 Å². The summed E-state index contributed by atoms with van der Waals surface area (Å²) in [4.78, 5) is 43.0. The molecular formula is C18H23F3N2O8S2. The van der Waals surface area contributed by atoms with E-state index in [0.29, 0.717) is 35.1 Å². The Morgan fingerprint density at radius 2 is 1.55 bits per heavy atom. The van der Waals surface area contributed by atoms with Gasteiger partial charge in [-0.3, -0.25) is 14.4 Å². The van der Waals surface area contributed by atoms with E-state index in [4.69, 9.17) is 24.5 Å². The van der Waals surface area contributed by atoms with Gasteiger partial charge in [-0.25, -0.2) is 4.79 Å². The minimum absolute atomic E-state index is 0.117. The van der Waals surface area contributed by atoms with Gasteiger partial charge in [-0.2, -0.15) is 13.2 Å². The highest BCUT2D eigenvalue weighted by Gasteiger charge is 2.38. The lowest BCUT2D eigenvalue weighted by Crippen LogP contribution is -2.37. The maximum atomic E-state index is 12.1. The molecule has 0 radical (unpaired) electrons. The smallest absolute Gasteiger partial charge is 0.490 e. The summed E-state index contributed by atoms with van der Waals surface area (Å²) in [7, 11) is 5.92. The van der Waals surface area contributed by atoms with E-state index in [1.54, 1.807) is 12.1 Å². The number of carbonyl (C=O) groups excluding carboxylic acids is 2. The zero-order valence-corrected chi connectivity index (χ0v) is 19.2. The molecule has 0 saturated heterocycles. The van der Waals surface area contributed by atoms with Crippen LogP contribution in [-0.2, 0) is 14.4 Å². The van der Waals surface area contributed by atoms with Crippen molar-refractivity contribution in [2.75, 3.05) is 38.8 Å². The molecule has 0 heterocycles. The van der Waals surface area contributed by atoms with Crippen LogP contribution >= 0.6 is 21.6 Å². The number of hydrogen-bond acceptors (Lipinski definition) is 8. The van der Waals surface area contributed by atoms with E-state index < -0.39 is 18.1 Å². The van der Waals surface area contributed by atoms with Crippen LogP contribution in [0.1, 0.15) is 16.8 Å². The van der Waals surface area contributed by atoms with Gasteiger partial charge in [0, 0.05) is 23.6 Å². The first-order valence-electron chi connectivity index (χ1n) is 8.95. The Morgan fingerprint density at radius 1 is 0.970 bits per heavy atom. The molecule has 0 aliphatic heterocycles. The number of nitrogens with one attached hydrogen (secondary N) is 2. The van der Waals surface area contributed by atoms with Gasteiger partial charge in [-0.1, -0.05) is 21.6 Å². The molecule has 4 N–H and O–H groups in total. The van der Waals surface area contributed by atoms with Gasteiger partial charge in [0.2, 0.25) is 5.91 Å². The number of amides is 2. The normalized spacial score (nSPS) is 10.3. The number of carboxylic acid groups (broad SMARTS) is 2. The maximum Gasteiger partial charge on any atom is 0.490 e. The predicted molar refractivity (Wildman–Crippen MR) is 116 cm³/mol. The van der Waals surface area contributed by atoms with Crippen molar-refractivity contribution in [1.82, 2.24) is 10.6 Å². The van der Waals surface area contributed by atoms with E-state index in [0.717, 1.165) is 0 Å². The van der Waals surface area contributed by atoms with Crippen LogP contribution in [0, 0.1) is 0 Å². The third kappa shape index (κ3) is 14.1. The fourth-order valence-electron chi connectivity index (χ4n) is 1.78. The van der Waals surface area contributed by atoms with Gasteiger partial charge >= 0.3 is 18.1 Å². The zero-order chi connectivity index (χ0) is 25.4. The Morgan fingerprint density at radius 3 is 2.06 bits per heavy atom. The lowest BCUT2D eigenvalue weighted by atomic mass is 10.2. The third-order valence-electron chi connectivity index (χ3n) is 3.29. The van der Waals surface area contributed by atoms with Gasteiger partial charge in [-0.05, 0) is 18.2 Å². The first kappa shape index (κ1) is 30.2. The van der Waals surface area contributed by atoms with E-state index in [2.05, 4.69) is 10.6 Å². The van der Waals surface area contributed by atoms with Crippen LogP contribution in [0.5, 0.6) is 11.5 Å². The Hall–Kier alpha value is -2.81. The number of methoxy groups -OCH3 is 2. The standard InChI is InChI=1S/C16H22N2O6S2.C2HF3O2/c1-23-12-4-3-11(9-13(12)24-2)16(22)18-10-14(19)17-6-8-26-25-7-5-15(20)21;3-2(4,5)1(6)7/h3-4,9H,5-8,10H2,1-2H3,(H,17,19)(H,18,22)(H,20,21);(H,6,7). The van der Waals surface area contributed by atoms with Crippen molar-refractivity contribution < 1.29 is 52.0 Å². The van der Waals surface area contributed by atoms with Crippen molar-refractivity contribution in [1.29, 1.82) is 0 Å². The van der Waals surface area contributed by atoms with E-state index in [-0.39, 0.29) is 24.8 Å². The van der Waals surface area contributed by atoms with E-state index in [1.165, 1.54) is 41.9 Å². The molecule has 15 heteroatoms. The highest BCUT2D eigenvalue weighted by Crippen LogP contribution is 2.27. The van der Waals surface area contributed by atoms with Gasteiger partial charge in [0.25, 0.3) is 5.91 Å². The summed E-state index contributed by atoms with van der Waals surface area (Å²) in [6, 6.07) is 4.74. The van der Waals surface area contributed by atoms with Crippen molar-refractivity contribution >= 4 is 45.3 Å². The third-order valence-corrected chi connectivity index (χ3v) is 5.70. The van der Waals surface area contributed by atoms with Crippen molar-refractivity contribution in [3.8, 4) is 11.5 Å². The van der Waals surface area contributed by atoms with Gasteiger partial charge in [0.05, 0.1) is 27.2 Å². The molecule has 1 aromatic carbocycles. The van der Waals surface area contributed by atoms with Crippen LogP contribution in [0.15, 0.2) is 18.2 Å². The molecule has 0 aromatic heterocycles. The number of carboxylic acids is 2. The average Bonchev–Trinajstić information content (AvgIpc) is 2.75. The number of ether oxygens (including phenoxy) is 2. The molecule has 1 aromatic rings. The lowest BCUT2D eigenvalue weighted by molar-refractivity contribution is -0.192. The Bertz CT molecular complexity index is 809. The summed E-state index contributed by atoms with van der Waals surface area (Å²) in [5, 5.41) is 20.8. The fraction of sp³-hybridized carbons (Fsp3) is 0.444. The fourth-order valence-corrected chi connectivity index (χ4v) is 3.67. The van der Waals surface area contributed by atoms with E-state index >= 15 is 0 Å². The second-order valence-corrected chi connectivity index (χ2v) is 8.40. The van der Waals surface area contributed by atoms with Gasteiger partial charge in [0.15, 0.2) is 11.5 Å². The molecule has 0 saturated carbocycles. The molecule has 0 aliphatic rings. The highest BCUT2D eigenvalue weighted by atomic mass is 33.1. The number of hydrogen-bond donors (Lipinski definition) is 4. The second-order valence-electron chi connectivity index (χ2n) is 5.69. The minimum Gasteiger partial charge on any atom is -0.493 e. The van der Waals surface area contributed by atoms with Crippen molar-refractivity contribution in [2.24, 2.45) is 0 Å². The summed E-state index contributed by atoms with van der Waals surface area (Å²) >= 11 is 0. The van der Waals surface area contributed by atoms with Crippen molar-refractivity contribution in [2.45, 2.75) is 12.6 Å². The SMILES string of the molecule is COc1ccc(C(=O)NCC(=O)NCCSSCCC(=O)O)cc1OC.O=C(O)C(F)(F)F. The first-order valence-corrected chi connectivity index (χ1v) is 11.4. The molecule has 0 fully saturated rings. The van der Waals surface area contributed by atoms with Crippen molar-refractivity contribution in [3.05, 3.63) is 23.8 Å². The maximum absolute atomic E-state index is 12.1. The summed E-state index contributed by atoms with van der Waals surface area (Å²) in [6.45, 7) is 0.305. The average molecular weight is 517 g/mol. The number of halogens is 3. The van der Waals surface area contributed by atoms with Gasteiger partial charge in [-0.15, -0.1) is 0 Å². The minimum atomic E-state index is -5.08. The summed E-state index contributed by atoms with van der Waals surface area (Å²) in [5.74, 6) is -2.14. The molecule has 0 unspecified atom stereocenters. The van der Waals surface area contributed by atoms with Gasteiger partial charge in [0.1, 0.15) is 0 Å². The number of alkyl halides is 3. The van der Waals surface area contributed by atoms with Crippen LogP contribution in [0.4, 0.5) is 13.2 Å². The molecule has 0 spiro atoms. The summed E-state index contributed by atoms with van der Waals surface area (Å²) in [6.07, 6.45) is -4.97. The molecule has 0 bridgehead atoms. The predicted octanol–water partition coefficient (Wildman–Crippen LogP) is 2.04. The topological polar surface area (TPSA) is 151 Å². The van der Waals surface area contributed by atoms with E-state index in [9.17, 15) is 27.6 Å². The van der Waals surface area contributed by atoms with Gasteiger partial charge < -0.3 is 30.3 Å². The molecule has 10 nitrogen and oxygen atoms in total. The first-order chi connectivity index (χ1) is 15.4. The molecule has 33 heavy (non-hydrogen) atoms. The number of carbonyl (C=O) groups is 4. The molecule has 0 aliphatic carbocycles. The monoisotopic (exact) mass is 516 g/mol. The van der Waals surface area contributed by atoms with Crippen LogP contribution in [0.3, 0.4) is 0 Å².